The molecule has 0 heterocycles. The quantitative estimate of drug-likeness (QED) is 0.801. The summed E-state index contributed by atoms with van der Waals surface area (Å²) in [6.45, 7) is 1.54. The first kappa shape index (κ1) is 12.1. The van der Waals surface area contributed by atoms with Gasteiger partial charge >= 0.3 is 5.97 Å². The third-order valence-electron chi connectivity index (χ3n) is 2.00. The lowest BCUT2D eigenvalue weighted by molar-refractivity contribution is -0.141. The highest BCUT2D eigenvalue weighted by Crippen LogP contribution is 2.16. The highest BCUT2D eigenvalue weighted by atomic mass is 32.2. The Balaban J connectivity index is 2.37. The Bertz CT molecular complexity index is 325. The summed E-state index contributed by atoms with van der Waals surface area (Å²) in [5.74, 6) is 0.251. The number of rotatable bonds is 5. The molecule has 3 nitrogen and oxygen atoms in total. The zero-order valence-electron chi connectivity index (χ0n) is 8.64. The van der Waals surface area contributed by atoms with Crippen molar-refractivity contribution in [2.24, 2.45) is 5.73 Å². The number of thioether (sulfide) groups is 1. The Morgan fingerprint density at radius 3 is 2.60 bits per heavy atom. The summed E-state index contributed by atoms with van der Waals surface area (Å²) < 4.78 is 0. The fourth-order valence-corrected chi connectivity index (χ4v) is 2.09. The fraction of sp³-hybridized carbons (Fsp3) is 0.364. The van der Waals surface area contributed by atoms with Gasteiger partial charge in [0.2, 0.25) is 0 Å². The first-order valence-electron chi connectivity index (χ1n) is 4.66. The number of carboxylic acid groups (broad SMARTS) is 1. The van der Waals surface area contributed by atoms with Crippen LogP contribution in [0.3, 0.4) is 0 Å². The molecule has 0 fully saturated rings. The largest absolute Gasteiger partial charge is 0.480 e. The predicted molar refractivity (Wildman–Crippen MR) is 62.8 cm³/mol. The monoisotopic (exact) mass is 225 g/mol. The van der Waals surface area contributed by atoms with E-state index in [-0.39, 0.29) is 0 Å². The van der Waals surface area contributed by atoms with Gasteiger partial charge in [0.25, 0.3) is 0 Å². The topological polar surface area (TPSA) is 63.3 Å². The number of hydrogen-bond acceptors (Lipinski definition) is 3. The van der Waals surface area contributed by atoms with Crippen molar-refractivity contribution in [3.05, 3.63) is 35.9 Å². The van der Waals surface area contributed by atoms with Crippen LogP contribution in [0.1, 0.15) is 12.5 Å². The highest BCUT2D eigenvalue weighted by Gasteiger charge is 2.27. The maximum atomic E-state index is 10.7. The highest BCUT2D eigenvalue weighted by molar-refractivity contribution is 7.98. The Kier molecular flexibility index (Phi) is 4.17. The SMILES string of the molecule is C[C@](N)(CSCc1ccccc1)C(=O)O. The van der Waals surface area contributed by atoms with Gasteiger partial charge < -0.3 is 10.8 Å². The van der Waals surface area contributed by atoms with E-state index < -0.39 is 11.5 Å². The number of carboxylic acids is 1. The van der Waals surface area contributed by atoms with Crippen LogP contribution in [0.5, 0.6) is 0 Å². The lowest BCUT2D eigenvalue weighted by atomic mass is 10.1. The minimum atomic E-state index is -1.14. The van der Waals surface area contributed by atoms with Crippen LogP contribution in [-0.2, 0) is 10.5 Å². The normalized spacial score (nSPS) is 14.5. The molecule has 0 amide bonds. The van der Waals surface area contributed by atoms with Crippen molar-refractivity contribution in [3.8, 4) is 0 Å². The van der Waals surface area contributed by atoms with Crippen molar-refractivity contribution in [2.75, 3.05) is 5.75 Å². The van der Waals surface area contributed by atoms with Gasteiger partial charge in [-0.1, -0.05) is 30.3 Å². The molecular formula is C11H15NO2S. The standard InChI is InChI=1S/C11H15NO2S/c1-11(12,10(13)14)8-15-7-9-5-3-2-4-6-9/h2-6H,7-8,12H2,1H3,(H,13,14)/t11-/m0/s1. The summed E-state index contributed by atoms with van der Waals surface area (Å²) in [4.78, 5) is 10.7. The minimum absolute atomic E-state index is 0.414. The molecule has 0 aliphatic heterocycles. The Morgan fingerprint density at radius 1 is 1.47 bits per heavy atom. The van der Waals surface area contributed by atoms with Gasteiger partial charge in [-0.3, -0.25) is 4.79 Å². The Morgan fingerprint density at radius 2 is 2.07 bits per heavy atom. The summed E-state index contributed by atoms with van der Waals surface area (Å²) in [7, 11) is 0. The molecule has 0 unspecified atom stereocenters. The predicted octanol–water partition coefficient (Wildman–Crippen LogP) is 1.72. The number of benzene rings is 1. The van der Waals surface area contributed by atoms with Gasteiger partial charge in [0, 0.05) is 11.5 Å². The van der Waals surface area contributed by atoms with E-state index in [0.29, 0.717) is 5.75 Å². The first-order valence-corrected chi connectivity index (χ1v) is 5.82. The molecule has 0 bridgehead atoms. The van der Waals surface area contributed by atoms with Crippen LogP contribution in [0.4, 0.5) is 0 Å². The Labute approximate surface area is 93.7 Å². The van der Waals surface area contributed by atoms with Gasteiger partial charge in [-0.25, -0.2) is 0 Å². The van der Waals surface area contributed by atoms with Crippen LogP contribution < -0.4 is 5.73 Å². The lowest BCUT2D eigenvalue weighted by Crippen LogP contribution is -2.47. The smallest absolute Gasteiger partial charge is 0.324 e. The molecule has 0 radical (unpaired) electrons. The second kappa shape index (κ2) is 5.19. The number of carbonyl (C=O) groups is 1. The molecule has 1 atom stereocenters. The van der Waals surface area contributed by atoms with Crippen LogP contribution in [0.2, 0.25) is 0 Å². The second-order valence-corrected chi connectivity index (χ2v) is 4.69. The third kappa shape index (κ3) is 3.93. The maximum absolute atomic E-state index is 10.7. The van der Waals surface area contributed by atoms with Gasteiger partial charge in [0.1, 0.15) is 5.54 Å². The molecular weight excluding hydrogens is 210 g/mol. The van der Waals surface area contributed by atoms with Crippen molar-refractivity contribution in [2.45, 2.75) is 18.2 Å². The van der Waals surface area contributed by atoms with Gasteiger partial charge in [0.15, 0.2) is 0 Å². The second-order valence-electron chi connectivity index (χ2n) is 3.70. The summed E-state index contributed by atoms with van der Waals surface area (Å²) in [6, 6.07) is 9.92. The fourth-order valence-electron chi connectivity index (χ4n) is 1.02. The maximum Gasteiger partial charge on any atom is 0.324 e. The zero-order valence-corrected chi connectivity index (χ0v) is 9.46. The molecule has 15 heavy (non-hydrogen) atoms. The van der Waals surface area contributed by atoms with Crippen molar-refractivity contribution in [1.82, 2.24) is 0 Å². The number of nitrogens with two attached hydrogens (primary N) is 1. The van der Waals surface area contributed by atoms with Gasteiger partial charge in [-0.05, 0) is 12.5 Å². The van der Waals surface area contributed by atoms with Crippen LogP contribution in [0.15, 0.2) is 30.3 Å². The molecule has 0 aliphatic carbocycles. The van der Waals surface area contributed by atoms with Gasteiger partial charge in [0.05, 0.1) is 0 Å². The third-order valence-corrected chi connectivity index (χ3v) is 3.34. The average Bonchev–Trinajstić information content (AvgIpc) is 2.19. The molecule has 0 saturated heterocycles. The summed E-state index contributed by atoms with van der Waals surface area (Å²) >= 11 is 1.54. The van der Waals surface area contributed by atoms with Crippen molar-refractivity contribution >= 4 is 17.7 Å². The van der Waals surface area contributed by atoms with Gasteiger partial charge in [-0.2, -0.15) is 11.8 Å². The van der Waals surface area contributed by atoms with Crippen LogP contribution in [0.25, 0.3) is 0 Å². The summed E-state index contributed by atoms with van der Waals surface area (Å²) in [5.41, 5.74) is 5.65. The van der Waals surface area contributed by atoms with E-state index in [0.717, 1.165) is 5.75 Å². The molecule has 3 N–H and O–H groups in total. The average molecular weight is 225 g/mol. The van der Waals surface area contributed by atoms with Crippen LogP contribution >= 0.6 is 11.8 Å². The van der Waals surface area contributed by atoms with E-state index in [2.05, 4.69) is 0 Å². The van der Waals surface area contributed by atoms with Crippen molar-refractivity contribution in [1.29, 1.82) is 0 Å². The molecule has 1 aromatic rings. The summed E-state index contributed by atoms with van der Waals surface area (Å²) in [6.07, 6.45) is 0. The number of hydrogen-bond donors (Lipinski definition) is 2. The molecule has 82 valence electrons. The lowest BCUT2D eigenvalue weighted by Gasteiger charge is -2.18. The van der Waals surface area contributed by atoms with Crippen molar-refractivity contribution < 1.29 is 9.90 Å². The number of aliphatic carboxylic acids is 1. The molecule has 1 rings (SSSR count). The molecule has 0 aromatic heterocycles. The van der Waals surface area contributed by atoms with Crippen LogP contribution in [-0.4, -0.2) is 22.4 Å². The van der Waals surface area contributed by atoms with Crippen LogP contribution in [0, 0.1) is 0 Å². The van der Waals surface area contributed by atoms with E-state index in [1.165, 1.54) is 24.2 Å². The van der Waals surface area contributed by atoms with Gasteiger partial charge in [-0.15, -0.1) is 0 Å². The van der Waals surface area contributed by atoms with E-state index in [4.69, 9.17) is 10.8 Å². The zero-order chi connectivity index (χ0) is 11.3. The van der Waals surface area contributed by atoms with E-state index in [1.807, 2.05) is 30.3 Å². The van der Waals surface area contributed by atoms with E-state index in [9.17, 15) is 4.79 Å². The first-order chi connectivity index (χ1) is 7.02. The summed E-state index contributed by atoms with van der Waals surface area (Å²) in [5, 5.41) is 8.80. The molecule has 0 aliphatic rings. The molecule has 0 saturated carbocycles. The van der Waals surface area contributed by atoms with Crippen molar-refractivity contribution in [3.63, 3.8) is 0 Å². The minimum Gasteiger partial charge on any atom is -0.480 e. The van der Waals surface area contributed by atoms with E-state index in [1.54, 1.807) is 0 Å². The molecule has 4 heteroatoms. The molecule has 1 aromatic carbocycles. The molecule has 0 spiro atoms. The Hall–Kier alpha value is -1.00. The van der Waals surface area contributed by atoms with E-state index >= 15 is 0 Å².